The molecule has 0 amide bonds. The maximum atomic E-state index is 6.12. The quantitative estimate of drug-likeness (QED) is 0.808. The van der Waals surface area contributed by atoms with Gasteiger partial charge in [-0.2, -0.15) is 4.48 Å². The molecule has 3 unspecified atom stereocenters. The van der Waals surface area contributed by atoms with Crippen LogP contribution in [-0.4, -0.2) is 25.5 Å². The molecule has 0 aliphatic carbocycles. The normalized spacial score (nSPS) is 36.4. The van der Waals surface area contributed by atoms with Crippen molar-refractivity contribution >= 4 is 5.88 Å². The van der Waals surface area contributed by atoms with Gasteiger partial charge in [-0.1, -0.05) is 6.92 Å². The Morgan fingerprint density at radius 3 is 2.75 bits per heavy atom. The van der Waals surface area contributed by atoms with Crippen LogP contribution in [0.2, 0.25) is 0 Å². The lowest BCUT2D eigenvalue weighted by Crippen LogP contribution is -2.60. The molecular weight excluding hydrogens is 258 g/mol. The standard InChI is InChI=1S/C15H18NO4/c1-2-15-9-17-11-16(15,13-6-4-8-19-13)14(20-10-15)12-5-3-7-18-12/h3-8,14H,2,9-11H2,1H3/q+1. The van der Waals surface area contributed by atoms with E-state index >= 15 is 0 Å². The van der Waals surface area contributed by atoms with Gasteiger partial charge in [-0.25, -0.2) is 0 Å². The molecule has 3 atom stereocenters. The third kappa shape index (κ3) is 1.32. The van der Waals surface area contributed by atoms with Crippen molar-refractivity contribution in [1.82, 2.24) is 4.48 Å². The molecule has 4 rings (SSSR count). The van der Waals surface area contributed by atoms with E-state index < -0.39 is 0 Å². The van der Waals surface area contributed by atoms with E-state index in [9.17, 15) is 0 Å². The van der Waals surface area contributed by atoms with Crippen molar-refractivity contribution in [2.24, 2.45) is 0 Å². The number of hydrogen-bond acceptors (Lipinski definition) is 4. The Bertz CT molecular complexity index is 579. The summed E-state index contributed by atoms with van der Waals surface area (Å²) in [6.45, 7) is 4.06. The lowest BCUT2D eigenvalue weighted by molar-refractivity contribution is -0.0230. The first-order valence-corrected chi connectivity index (χ1v) is 6.97. The molecule has 5 nitrogen and oxygen atoms in total. The average molecular weight is 276 g/mol. The number of fused-ring (bicyclic) bond motifs is 1. The molecule has 5 heteroatoms. The molecule has 0 saturated carbocycles. The predicted molar refractivity (Wildman–Crippen MR) is 71.7 cm³/mol. The Hall–Kier alpha value is -1.56. The van der Waals surface area contributed by atoms with Crippen molar-refractivity contribution in [1.29, 1.82) is 0 Å². The third-order valence-corrected chi connectivity index (χ3v) is 4.77. The molecule has 0 radical (unpaired) electrons. The lowest BCUT2D eigenvalue weighted by Gasteiger charge is -2.39. The topological polar surface area (TPSA) is 44.7 Å². The Labute approximate surface area is 117 Å². The van der Waals surface area contributed by atoms with Crippen LogP contribution in [0, 0.1) is 0 Å². The monoisotopic (exact) mass is 276 g/mol. The van der Waals surface area contributed by atoms with E-state index in [2.05, 4.69) is 6.92 Å². The highest BCUT2D eigenvalue weighted by Crippen LogP contribution is 2.53. The summed E-state index contributed by atoms with van der Waals surface area (Å²) >= 11 is 0. The molecular formula is C15H18NO4+. The van der Waals surface area contributed by atoms with E-state index in [0.29, 0.717) is 24.4 Å². The summed E-state index contributed by atoms with van der Waals surface area (Å²) in [5, 5.41) is 0. The van der Waals surface area contributed by atoms with Crippen molar-refractivity contribution in [3.63, 3.8) is 0 Å². The van der Waals surface area contributed by atoms with Gasteiger partial charge in [0.25, 0.3) is 6.23 Å². The minimum atomic E-state index is -0.210. The van der Waals surface area contributed by atoms with Crippen LogP contribution in [0.15, 0.2) is 45.6 Å². The van der Waals surface area contributed by atoms with Gasteiger partial charge in [0.15, 0.2) is 18.0 Å². The maximum absolute atomic E-state index is 6.12. The Kier molecular flexibility index (Phi) is 2.57. The highest BCUT2D eigenvalue weighted by atomic mass is 16.6. The van der Waals surface area contributed by atoms with Gasteiger partial charge < -0.3 is 18.3 Å². The minimum Gasteiger partial charge on any atom is -0.460 e. The molecule has 0 bridgehead atoms. The zero-order valence-electron chi connectivity index (χ0n) is 11.5. The second kappa shape index (κ2) is 4.22. The fraction of sp³-hybridized carbons (Fsp3) is 0.467. The van der Waals surface area contributed by atoms with E-state index in [0.717, 1.165) is 18.1 Å². The van der Waals surface area contributed by atoms with Gasteiger partial charge in [0.1, 0.15) is 13.2 Å². The summed E-state index contributed by atoms with van der Waals surface area (Å²) in [7, 11) is 0. The number of ether oxygens (including phenoxy) is 2. The van der Waals surface area contributed by atoms with Crippen molar-refractivity contribution in [2.45, 2.75) is 25.1 Å². The van der Waals surface area contributed by atoms with Crippen LogP contribution in [0.25, 0.3) is 0 Å². The summed E-state index contributed by atoms with van der Waals surface area (Å²) in [6, 6.07) is 7.76. The van der Waals surface area contributed by atoms with E-state index in [4.69, 9.17) is 18.3 Å². The molecule has 20 heavy (non-hydrogen) atoms. The van der Waals surface area contributed by atoms with E-state index in [1.807, 2.05) is 24.3 Å². The number of nitrogens with zero attached hydrogens (tertiary/aromatic N) is 1. The van der Waals surface area contributed by atoms with Crippen LogP contribution in [0.4, 0.5) is 5.88 Å². The first-order chi connectivity index (χ1) is 9.82. The summed E-state index contributed by atoms with van der Waals surface area (Å²) < 4.78 is 23.9. The van der Waals surface area contributed by atoms with E-state index in [1.54, 1.807) is 12.5 Å². The molecule has 2 fully saturated rings. The van der Waals surface area contributed by atoms with Crippen molar-refractivity contribution in [3.05, 3.63) is 42.6 Å². The number of rotatable bonds is 3. The van der Waals surface area contributed by atoms with Crippen LogP contribution < -0.4 is 4.48 Å². The third-order valence-electron chi connectivity index (χ3n) is 4.77. The van der Waals surface area contributed by atoms with E-state index in [-0.39, 0.29) is 11.8 Å². The zero-order chi connectivity index (χ0) is 13.6. The van der Waals surface area contributed by atoms with Gasteiger partial charge >= 0.3 is 5.88 Å². The summed E-state index contributed by atoms with van der Waals surface area (Å²) in [6.07, 6.45) is 4.14. The predicted octanol–water partition coefficient (Wildman–Crippen LogP) is 3.05. The smallest absolute Gasteiger partial charge is 0.301 e. The molecule has 2 aliphatic heterocycles. The summed E-state index contributed by atoms with van der Waals surface area (Å²) in [4.78, 5) is 0. The number of furan rings is 2. The highest BCUT2D eigenvalue weighted by Gasteiger charge is 2.68. The van der Waals surface area contributed by atoms with Crippen LogP contribution in [-0.2, 0) is 9.47 Å². The molecule has 0 N–H and O–H groups in total. The van der Waals surface area contributed by atoms with Crippen LogP contribution in [0.3, 0.4) is 0 Å². The molecule has 2 aromatic heterocycles. The highest BCUT2D eigenvalue weighted by molar-refractivity contribution is 5.39. The van der Waals surface area contributed by atoms with Gasteiger partial charge in [-0.15, -0.1) is 0 Å². The van der Waals surface area contributed by atoms with Crippen molar-refractivity contribution < 1.29 is 18.3 Å². The van der Waals surface area contributed by atoms with Crippen molar-refractivity contribution in [3.8, 4) is 0 Å². The summed E-state index contributed by atoms with van der Waals surface area (Å²) in [5.74, 6) is 1.70. The fourth-order valence-electron chi connectivity index (χ4n) is 3.59. The second-order valence-corrected chi connectivity index (χ2v) is 5.55. The maximum Gasteiger partial charge on any atom is 0.301 e. The van der Waals surface area contributed by atoms with Gasteiger partial charge in [0, 0.05) is 12.5 Å². The fourth-order valence-corrected chi connectivity index (χ4v) is 3.59. The first kappa shape index (κ1) is 12.2. The Morgan fingerprint density at radius 1 is 1.20 bits per heavy atom. The molecule has 0 aromatic carbocycles. The molecule has 2 aliphatic rings. The molecule has 2 saturated heterocycles. The SMILES string of the molecule is CCC12COC[N+]1(c1ccco1)C(c1ccco1)OC2. The second-order valence-electron chi connectivity index (χ2n) is 5.55. The van der Waals surface area contributed by atoms with Crippen LogP contribution in [0.5, 0.6) is 0 Å². The van der Waals surface area contributed by atoms with Gasteiger partial charge in [0.05, 0.1) is 12.5 Å². The molecule has 106 valence electrons. The van der Waals surface area contributed by atoms with Crippen molar-refractivity contribution in [2.75, 3.05) is 19.9 Å². The van der Waals surface area contributed by atoms with Gasteiger partial charge in [-0.05, 0) is 18.2 Å². The van der Waals surface area contributed by atoms with Crippen LogP contribution >= 0.6 is 0 Å². The average Bonchev–Trinajstić information content (AvgIpc) is 3.21. The molecule has 2 aromatic rings. The zero-order valence-corrected chi connectivity index (χ0v) is 11.5. The van der Waals surface area contributed by atoms with Gasteiger partial charge in [0.2, 0.25) is 0 Å². The summed E-state index contributed by atoms with van der Waals surface area (Å²) in [5.41, 5.74) is -0.102. The van der Waals surface area contributed by atoms with Crippen LogP contribution in [0.1, 0.15) is 25.3 Å². The largest absolute Gasteiger partial charge is 0.460 e. The minimum absolute atomic E-state index is 0.102. The first-order valence-electron chi connectivity index (χ1n) is 6.97. The Balaban J connectivity index is 1.90. The van der Waals surface area contributed by atoms with E-state index in [1.165, 1.54) is 0 Å². The Morgan fingerprint density at radius 2 is 2.05 bits per heavy atom. The number of quaternary nitrogens is 1. The number of hydrogen-bond donors (Lipinski definition) is 0. The molecule has 0 spiro atoms. The lowest BCUT2D eigenvalue weighted by atomic mass is 9.95. The molecule has 4 heterocycles. The van der Waals surface area contributed by atoms with Gasteiger partial charge in [-0.3, -0.25) is 0 Å².